The van der Waals surface area contributed by atoms with Crippen molar-refractivity contribution in [3.05, 3.63) is 34.2 Å². The van der Waals surface area contributed by atoms with E-state index >= 15 is 0 Å². The molecule has 1 aromatic heterocycles. The molecule has 23 heavy (non-hydrogen) atoms. The third-order valence-corrected chi connectivity index (χ3v) is 3.82. The zero-order valence-electron chi connectivity index (χ0n) is 12.8. The summed E-state index contributed by atoms with van der Waals surface area (Å²) in [4.78, 5) is 38.0. The van der Waals surface area contributed by atoms with Gasteiger partial charge >= 0.3 is 11.7 Å². The summed E-state index contributed by atoms with van der Waals surface area (Å²) in [7, 11) is 1.53. The van der Waals surface area contributed by atoms with Gasteiger partial charge in [-0.3, -0.25) is 9.36 Å². The van der Waals surface area contributed by atoms with Crippen LogP contribution in [-0.2, 0) is 0 Å². The average Bonchev–Trinajstić information content (AvgIpc) is 3.32. The van der Waals surface area contributed by atoms with Gasteiger partial charge < -0.3 is 20.9 Å². The number of nitrogens with one attached hydrogen (secondary N) is 4. The second kappa shape index (κ2) is 6.15. The number of hydrogen-bond donors (Lipinski definition) is 4. The normalized spacial score (nSPS) is 13.8. The highest BCUT2D eigenvalue weighted by molar-refractivity contribution is 5.97. The van der Waals surface area contributed by atoms with E-state index in [4.69, 9.17) is 0 Å². The average molecular weight is 317 g/mol. The van der Waals surface area contributed by atoms with Gasteiger partial charge in [0.05, 0.1) is 11.0 Å². The van der Waals surface area contributed by atoms with Crippen molar-refractivity contribution in [2.24, 2.45) is 0 Å². The van der Waals surface area contributed by atoms with Gasteiger partial charge in [-0.05, 0) is 31.0 Å². The third-order valence-electron chi connectivity index (χ3n) is 3.82. The van der Waals surface area contributed by atoms with Crippen LogP contribution in [0.3, 0.4) is 0 Å². The number of benzene rings is 1. The molecule has 3 amide bonds. The number of amides is 3. The Labute approximate surface area is 132 Å². The van der Waals surface area contributed by atoms with Crippen molar-refractivity contribution in [1.29, 1.82) is 0 Å². The molecule has 122 valence electrons. The number of H-pyrrole nitrogens is 1. The molecule has 1 aliphatic carbocycles. The van der Waals surface area contributed by atoms with Crippen molar-refractivity contribution in [1.82, 2.24) is 25.5 Å². The quantitative estimate of drug-likeness (QED) is 0.597. The predicted octanol–water partition coefficient (Wildman–Crippen LogP) is 0.323. The highest BCUT2D eigenvalue weighted by Gasteiger charge is 2.27. The predicted molar refractivity (Wildman–Crippen MR) is 85.6 cm³/mol. The molecule has 1 saturated carbocycles. The van der Waals surface area contributed by atoms with E-state index in [1.807, 2.05) is 0 Å². The number of fused-ring (bicyclic) bond motifs is 1. The number of aromatic nitrogens is 2. The zero-order chi connectivity index (χ0) is 16.4. The molecule has 8 heteroatoms. The van der Waals surface area contributed by atoms with Crippen molar-refractivity contribution >= 4 is 23.0 Å². The van der Waals surface area contributed by atoms with E-state index in [0.717, 1.165) is 23.9 Å². The minimum atomic E-state index is -0.290. The van der Waals surface area contributed by atoms with E-state index < -0.39 is 0 Å². The number of aromatic amines is 1. The second-order valence-electron chi connectivity index (χ2n) is 5.53. The molecule has 8 nitrogen and oxygen atoms in total. The fraction of sp³-hybridized carbons (Fsp3) is 0.400. The molecule has 0 spiro atoms. The Bertz CT molecular complexity index is 803. The van der Waals surface area contributed by atoms with Gasteiger partial charge in [-0.1, -0.05) is 0 Å². The van der Waals surface area contributed by atoms with E-state index in [2.05, 4.69) is 20.9 Å². The summed E-state index contributed by atoms with van der Waals surface area (Å²) in [6, 6.07) is 5.10. The molecule has 0 aliphatic heterocycles. The third kappa shape index (κ3) is 3.20. The van der Waals surface area contributed by atoms with Gasteiger partial charge in [-0.15, -0.1) is 0 Å². The van der Waals surface area contributed by atoms with Gasteiger partial charge in [0.1, 0.15) is 0 Å². The molecule has 0 bridgehead atoms. The molecule has 1 heterocycles. The second-order valence-corrected chi connectivity index (χ2v) is 5.53. The number of hydrogen-bond acceptors (Lipinski definition) is 3. The molecule has 1 aromatic carbocycles. The lowest BCUT2D eigenvalue weighted by Crippen LogP contribution is -2.38. The summed E-state index contributed by atoms with van der Waals surface area (Å²) in [6.45, 7) is 0.664. The number of nitrogens with zero attached hydrogens (tertiary/aromatic N) is 1. The Kier molecular flexibility index (Phi) is 4.05. The molecule has 3 rings (SSSR count). The Hall–Kier alpha value is -2.77. The van der Waals surface area contributed by atoms with Gasteiger partial charge in [0.2, 0.25) is 0 Å². The lowest BCUT2D eigenvalue weighted by Gasteiger charge is -2.07. The number of carbonyl (C=O) groups is 2. The Morgan fingerprint density at radius 3 is 2.70 bits per heavy atom. The molecular weight excluding hydrogens is 298 g/mol. The first-order chi connectivity index (χ1) is 11.1. The smallest absolute Gasteiger partial charge is 0.326 e. The maximum absolute atomic E-state index is 12.2. The molecular formula is C15H19N5O3. The van der Waals surface area contributed by atoms with Crippen molar-refractivity contribution in [2.75, 3.05) is 20.1 Å². The summed E-state index contributed by atoms with van der Waals surface area (Å²) in [5, 5.41) is 7.76. The van der Waals surface area contributed by atoms with Crippen LogP contribution in [-0.4, -0.2) is 41.6 Å². The number of carbonyl (C=O) groups excluding carboxylic acids is 2. The van der Waals surface area contributed by atoms with Crippen LogP contribution in [0.5, 0.6) is 0 Å². The molecule has 0 saturated heterocycles. The van der Waals surface area contributed by atoms with Crippen LogP contribution in [0.4, 0.5) is 4.79 Å². The minimum Gasteiger partial charge on any atom is -0.350 e. The highest BCUT2D eigenvalue weighted by atomic mass is 16.2. The topological polar surface area (TPSA) is 108 Å². The molecule has 4 N–H and O–H groups in total. The van der Waals surface area contributed by atoms with E-state index in [1.165, 1.54) is 7.05 Å². The molecule has 1 aliphatic rings. The van der Waals surface area contributed by atoms with Crippen LogP contribution < -0.4 is 21.6 Å². The lowest BCUT2D eigenvalue weighted by atomic mass is 10.2. The first-order valence-electron chi connectivity index (χ1n) is 7.58. The summed E-state index contributed by atoms with van der Waals surface area (Å²) in [5.74, 6) is -0.235. The van der Waals surface area contributed by atoms with Gasteiger partial charge in [0.25, 0.3) is 5.91 Å². The van der Waals surface area contributed by atoms with Crippen molar-refractivity contribution in [2.45, 2.75) is 18.9 Å². The standard InChI is InChI=1S/C15H19N5O3/c1-16-14(22)18-7-6-17-13(21)9-2-5-11-12(8-9)20(10-3-4-10)15(23)19-11/h2,5,8,10H,3-4,6-7H2,1H3,(H,17,21)(H,19,23)(H2,16,18,22). The summed E-state index contributed by atoms with van der Waals surface area (Å²) < 4.78 is 1.72. The number of urea groups is 1. The maximum Gasteiger partial charge on any atom is 0.326 e. The van der Waals surface area contributed by atoms with Gasteiger partial charge in [0.15, 0.2) is 0 Å². The fourth-order valence-electron chi connectivity index (χ4n) is 2.50. The SMILES string of the molecule is CNC(=O)NCCNC(=O)c1ccc2[nH]c(=O)n(C3CC3)c2c1. The van der Waals surface area contributed by atoms with Crippen LogP contribution in [0.15, 0.2) is 23.0 Å². The molecule has 1 fully saturated rings. The van der Waals surface area contributed by atoms with Gasteiger partial charge in [-0.2, -0.15) is 0 Å². The van der Waals surface area contributed by atoms with Crippen LogP contribution in [0, 0.1) is 0 Å². The molecule has 2 aromatic rings. The van der Waals surface area contributed by atoms with E-state index in [-0.39, 0.29) is 23.7 Å². The summed E-state index contributed by atoms with van der Waals surface area (Å²) >= 11 is 0. The van der Waals surface area contributed by atoms with Crippen LogP contribution >= 0.6 is 0 Å². The Balaban J connectivity index is 1.70. The maximum atomic E-state index is 12.2. The summed E-state index contributed by atoms with van der Waals surface area (Å²) in [5.41, 5.74) is 1.86. The minimum absolute atomic E-state index is 0.130. The van der Waals surface area contributed by atoms with Crippen molar-refractivity contribution in [3.8, 4) is 0 Å². The van der Waals surface area contributed by atoms with E-state index in [1.54, 1.807) is 22.8 Å². The Morgan fingerprint density at radius 2 is 2.00 bits per heavy atom. The van der Waals surface area contributed by atoms with Crippen LogP contribution in [0.1, 0.15) is 29.2 Å². The molecule has 0 atom stereocenters. The first-order valence-corrected chi connectivity index (χ1v) is 7.58. The van der Waals surface area contributed by atoms with Gasteiger partial charge in [-0.25, -0.2) is 9.59 Å². The van der Waals surface area contributed by atoms with E-state index in [9.17, 15) is 14.4 Å². The highest BCUT2D eigenvalue weighted by Crippen LogP contribution is 2.35. The number of imidazole rings is 1. The van der Waals surface area contributed by atoms with E-state index in [0.29, 0.717) is 18.7 Å². The summed E-state index contributed by atoms with van der Waals surface area (Å²) in [6.07, 6.45) is 1.99. The van der Waals surface area contributed by atoms with Crippen molar-refractivity contribution < 1.29 is 9.59 Å². The monoisotopic (exact) mass is 317 g/mol. The fourth-order valence-corrected chi connectivity index (χ4v) is 2.50. The zero-order valence-corrected chi connectivity index (χ0v) is 12.8. The van der Waals surface area contributed by atoms with Crippen molar-refractivity contribution in [3.63, 3.8) is 0 Å². The lowest BCUT2D eigenvalue weighted by molar-refractivity contribution is 0.0954. The molecule has 0 radical (unpaired) electrons. The molecule has 0 unspecified atom stereocenters. The largest absolute Gasteiger partial charge is 0.350 e. The Morgan fingerprint density at radius 1 is 1.26 bits per heavy atom. The number of rotatable bonds is 5. The van der Waals surface area contributed by atoms with Crippen LogP contribution in [0.2, 0.25) is 0 Å². The first kappa shape index (κ1) is 15.1. The van der Waals surface area contributed by atoms with Gasteiger partial charge in [0, 0.05) is 31.7 Å². The van der Waals surface area contributed by atoms with Crippen LogP contribution in [0.25, 0.3) is 11.0 Å².